The van der Waals surface area contributed by atoms with Gasteiger partial charge in [-0.1, -0.05) is 41.9 Å². The van der Waals surface area contributed by atoms with Gasteiger partial charge >= 0.3 is 6.16 Å². The molecule has 0 unspecified atom stereocenters. The van der Waals surface area contributed by atoms with E-state index in [1.165, 1.54) is 14.0 Å². The van der Waals surface area contributed by atoms with E-state index in [0.29, 0.717) is 10.6 Å². The van der Waals surface area contributed by atoms with Gasteiger partial charge in [-0.15, -0.1) is 0 Å². The lowest BCUT2D eigenvalue weighted by molar-refractivity contribution is 0.100. The highest BCUT2D eigenvalue weighted by molar-refractivity contribution is 6.30. The number of benzene rings is 2. The Morgan fingerprint density at radius 3 is 2.29 bits per heavy atom. The number of carboxylic acid groups (broad SMARTS) is 1. The maximum absolute atomic E-state index is 12.9. The lowest BCUT2D eigenvalue weighted by atomic mass is 9.99. The van der Waals surface area contributed by atoms with Crippen LogP contribution < -0.4 is 10.5 Å². The normalized spacial score (nSPS) is 10.0. The summed E-state index contributed by atoms with van der Waals surface area (Å²) in [6.45, 7) is 1.46. The van der Waals surface area contributed by atoms with E-state index >= 15 is 0 Å². The van der Waals surface area contributed by atoms with E-state index < -0.39 is 18.0 Å². The van der Waals surface area contributed by atoms with Crippen LogP contribution in [-0.4, -0.2) is 26.9 Å². The first-order valence-electron chi connectivity index (χ1n) is 7.95. The minimum atomic E-state index is -1.55. The first-order chi connectivity index (χ1) is 13.2. The van der Waals surface area contributed by atoms with Gasteiger partial charge in [0, 0.05) is 17.6 Å². The van der Waals surface area contributed by atoms with Crippen molar-refractivity contribution in [1.82, 2.24) is 9.78 Å². The highest BCUT2D eigenvalue weighted by Crippen LogP contribution is 2.24. The van der Waals surface area contributed by atoms with Crippen LogP contribution in [0.15, 0.2) is 48.5 Å². The Kier molecular flexibility index (Phi) is 6.73. The molecule has 0 atom stereocenters. The Hall–Kier alpha value is -3.39. The van der Waals surface area contributed by atoms with Crippen molar-refractivity contribution in [3.8, 4) is 16.9 Å². The van der Waals surface area contributed by atoms with E-state index in [1.54, 1.807) is 24.3 Å². The van der Waals surface area contributed by atoms with Crippen molar-refractivity contribution in [2.24, 2.45) is 12.8 Å². The fraction of sp³-hybridized carbons (Fsp3) is 0.105. The summed E-state index contributed by atoms with van der Waals surface area (Å²) in [5.74, 6) is -1.56. The molecule has 3 rings (SSSR count). The number of rotatable bonds is 3. The highest BCUT2D eigenvalue weighted by atomic mass is 35.5. The van der Waals surface area contributed by atoms with Crippen molar-refractivity contribution in [1.29, 1.82) is 0 Å². The Bertz CT molecular complexity index is 1000. The Balaban J connectivity index is 0.000000209. The number of nitrogens with zero attached hydrogens (tertiary/aromatic N) is 2. The van der Waals surface area contributed by atoms with Gasteiger partial charge in [0.05, 0.1) is 0 Å². The van der Waals surface area contributed by atoms with Crippen LogP contribution in [0.25, 0.3) is 11.1 Å². The van der Waals surface area contributed by atoms with Crippen molar-refractivity contribution >= 4 is 23.7 Å². The molecular weight excluding hydrogens is 389 g/mol. The molecule has 0 aliphatic carbocycles. The highest BCUT2D eigenvalue weighted by Gasteiger charge is 2.16. The molecule has 28 heavy (non-hydrogen) atoms. The lowest BCUT2D eigenvalue weighted by Crippen LogP contribution is -2.12. The summed E-state index contributed by atoms with van der Waals surface area (Å²) in [5, 5.41) is 12.5. The molecule has 9 heteroatoms. The van der Waals surface area contributed by atoms with Gasteiger partial charge in [-0.25, -0.2) is 9.48 Å². The quantitative estimate of drug-likeness (QED) is 0.639. The van der Waals surface area contributed by atoms with Crippen LogP contribution in [0.2, 0.25) is 5.02 Å². The maximum Gasteiger partial charge on any atom is 0.511 e. The third kappa shape index (κ3) is 5.08. The number of ether oxygens (including phenoxy) is 1. The van der Waals surface area contributed by atoms with Crippen molar-refractivity contribution < 1.29 is 23.8 Å². The Morgan fingerprint density at radius 2 is 1.79 bits per heavy atom. The number of carbonyl (C=O) groups excluding carboxylic acids is 1. The van der Waals surface area contributed by atoms with Gasteiger partial charge in [0.2, 0.25) is 11.7 Å². The summed E-state index contributed by atoms with van der Waals surface area (Å²) < 4.78 is 18.0. The number of aryl methyl sites for hydroxylation is 2. The predicted octanol–water partition coefficient (Wildman–Crippen LogP) is 4.03. The molecule has 1 amide bonds. The molecule has 146 valence electrons. The molecule has 0 radical (unpaired) electrons. The number of hydrogen-bond donors (Lipinski definition) is 2. The van der Waals surface area contributed by atoms with Crippen molar-refractivity contribution in [3.05, 3.63) is 70.8 Å². The molecule has 2 aromatic carbocycles. The maximum atomic E-state index is 12.9. The molecule has 0 aliphatic heterocycles. The SMILES string of the molecule is Cc1nn(C)c(F)c1OC(=O)O.NC(=O)c1ccccc1-c1ccc(Cl)cc1. The number of halogens is 2. The minimum Gasteiger partial charge on any atom is -0.449 e. The minimum absolute atomic E-state index is 0.206. The second-order valence-electron chi connectivity index (χ2n) is 5.61. The summed E-state index contributed by atoms with van der Waals surface area (Å²) in [6, 6.07) is 14.5. The number of primary amides is 1. The van der Waals surface area contributed by atoms with Gasteiger partial charge in [-0.2, -0.15) is 9.49 Å². The number of hydrogen-bond acceptors (Lipinski definition) is 4. The van der Waals surface area contributed by atoms with E-state index in [1.807, 2.05) is 24.3 Å². The monoisotopic (exact) mass is 405 g/mol. The molecule has 3 N–H and O–H groups in total. The van der Waals surface area contributed by atoms with E-state index in [0.717, 1.165) is 15.8 Å². The van der Waals surface area contributed by atoms with Crippen molar-refractivity contribution in [3.63, 3.8) is 0 Å². The summed E-state index contributed by atoms with van der Waals surface area (Å²) in [7, 11) is 1.36. The van der Waals surface area contributed by atoms with Gasteiger partial charge in [-0.05, 0) is 36.2 Å². The molecule has 0 bridgehead atoms. The summed E-state index contributed by atoms with van der Waals surface area (Å²) in [4.78, 5) is 21.3. The number of aromatic nitrogens is 2. The molecule has 0 saturated carbocycles. The summed E-state index contributed by atoms with van der Waals surface area (Å²) >= 11 is 5.81. The predicted molar refractivity (Wildman–Crippen MR) is 102 cm³/mol. The van der Waals surface area contributed by atoms with Gasteiger partial charge in [-0.3, -0.25) is 4.79 Å². The van der Waals surface area contributed by atoms with Gasteiger partial charge in [0.25, 0.3) is 5.95 Å². The van der Waals surface area contributed by atoms with E-state index in [9.17, 15) is 14.0 Å². The largest absolute Gasteiger partial charge is 0.511 e. The second-order valence-corrected chi connectivity index (χ2v) is 6.05. The molecule has 1 aromatic heterocycles. The molecule has 0 spiro atoms. The molecule has 0 saturated heterocycles. The molecule has 0 fully saturated rings. The van der Waals surface area contributed by atoms with Crippen molar-refractivity contribution in [2.75, 3.05) is 0 Å². The van der Waals surface area contributed by atoms with Gasteiger partial charge in [0.1, 0.15) is 5.69 Å². The number of amides is 1. The van der Waals surface area contributed by atoms with Crippen molar-refractivity contribution in [2.45, 2.75) is 6.92 Å². The fourth-order valence-corrected chi connectivity index (χ4v) is 2.52. The standard InChI is InChI=1S/C13H10ClNO.C6H7FN2O3/c14-10-7-5-9(6-8-10)11-3-1-2-4-12(11)13(15)16;1-3-4(12-6(10)11)5(7)9(2)8-3/h1-8H,(H2,15,16);1-2H3,(H,10,11). The van der Waals surface area contributed by atoms with Gasteiger partial charge in [0.15, 0.2) is 0 Å². The smallest absolute Gasteiger partial charge is 0.449 e. The zero-order valence-electron chi connectivity index (χ0n) is 15.0. The van der Waals surface area contributed by atoms with Crippen LogP contribution >= 0.6 is 11.6 Å². The topological polar surface area (TPSA) is 107 Å². The molecular formula is C19H17ClFN3O4. The summed E-state index contributed by atoms with van der Waals surface area (Å²) in [5.41, 5.74) is 7.80. The second kappa shape index (κ2) is 9.01. The average Bonchev–Trinajstić information content (AvgIpc) is 2.89. The molecule has 3 aromatic rings. The third-order valence-corrected chi connectivity index (χ3v) is 3.89. The Morgan fingerprint density at radius 1 is 1.18 bits per heavy atom. The fourth-order valence-electron chi connectivity index (χ4n) is 2.39. The zero-order chi connectivity index (χ0) is 20.8. The third-order valence-electron chi connectivity index (χ3n) is 3.64. The Labute approximate surface area is 165 Å². The van der Waals surface area contributed by atoms with Gasteiger partial charge < -0.3 is 15.6 Å². The molecule has 1 heterocycles. The molecule has 0 aliphatic rings. The molecule has 7 nitrogen and oxygen atoms in total. The van der Waals surface area contributed by atoms with E-state index in [-0.39, 0.29) is 11.4 Å². The van der Waals surface area contributed by atoms with Crippen LogP contribution in [0.1, 0.15) is 16.1 Å². The average molecular weight is 406 g/mol. The van der Waals surface area contributed by atoms with Crippen LogP contribution in [-0.2, 0) is 7.05 Å². The summed E-state index contributed by atoms with van der Waals surface area (Å²) in [6.07, 6.45) is -1.55. The van der Waals surface area contributed by atoms with Crippen LogP contribution in [0, 0.1) is 12.9 Å². The first kappa shape index (κ1) is 20.9. The van der Waals surface area contributed by atoms with Crippen LogP contribution in [0.5, 0.6) is 5.75 Å². The lowest BCUT2D eigenvalue weighted by Gasteiger charge is -2.06. The van der Waals surface area contributed by atoms with Crippen LogP contribution in [0.3, 0.4) is 0 Å². The zero-order valence-corrected chi connectivity index (χ0v) is 15.8. The van der Waals surface area contributed by atoms with E-state index in [4.69, 9.17) is 22.4 Å². The van der Waals surface area contributed by atoms with E-state index in [2.05, 4.69) is 9.84 Å². The first-order valence-corrected chi connectivity index (χ1v) is 8.33. The van der Waals surface area contributed by atoms with Crippen LogP contribution in [0.4, 0.5) is 9.18 Å². The number of nitrogens with two attached hydrogens (primary N) is 1. The number of carbonyl (C=O) groups is 2.